The lowest BCUT2D eigenvalue weighted by atomic mass is 10.00. The van der Waals surface area contributed by atoms with Gasteiger partial charge in [0, 0.05) is 11.1 Å². The number of hydrogen-bond acceptors (Lipinski definition) is 7. The monoisotopic (exact) mass is 532 g/mol. The van der Waals surface area contributed by atoms with E-state index in [4.69, 9.17) is 9.47 Å². The van der Waals surface area contributed by atoms with Gasteiger partial charge in [0.15, 0.2) is 11.5 Å². The first-order valence-electron chi connectivity index (χ1n) is 11.0. The molecule has 37 heavy (non-hydrogen) atoms. The second-order valence-corrected chi connectivity index (χ2v) is 9.08. The van der Waals surface area contributed by atoms with Gasteiger partial charge in [-0.3, -0.25) is 9.78 Å². The number of aromatic nitrogens is 1. The van der Waals surface area contributed by atoms with Crippen LogP contribution in [0.15, 0.2) is 47.6 Å². The fourth-order valence-corrected chi connectivity index (χ4v) is 4.62. The molecule has 2 aromatic carbocycles. The van der Waals surface area contributed by atoms with Gasteiger partial charge in [0.2, 0.25) is 11.7 Å². The number of amides is 1. The van der Waals surface area contributed by atoms with Crippen LogP contribution in [0.25, 0.3) is 17.2 Å². The Labute approximate surface area is 214 Å². The third-order valence-corrected chi connectivity index (χ3v) is 6.57. The van der Waals surface area contributed by atoms with Crippen LogP contribution < -0.4 is 19.5 Å². The molecule has 0 saturated heterocycles. The highest BCUT2D eigenvalue weighted by Crippen LogP contribution is 2.46. The maximum atomic E-state index is 12.9. The number of carbonyl (C=O) groups excluding carboxylic acids is 1. The van der Waals surface area contributed by atoms with E-state index in [0.717, 1.165) is 10.5 Å². The maximum Gasteiger partial charge on any atom is 0.573 e. The zero-order chi connectivity index (χ0) is 26.7. The first-order valence-corrected chi connectivity index (χ1v) is 11.9. The van der Waals surface area contributed by atoms with Gasteiger partial charge < -0.3 is 24.6 Å². The van der Waals surface area contributed by atoms with Crippen molar-refractivity contribution in [1.82, 2.24) is 10.3 Å². The second-order valence-electron chi connectivity index (χ2n) is 8.11. The SMILES string of the molecule is COc1cc(/C=C2/C(C)=C(CC(=O)NCc3cncs3)c3cc(OC(F)(F)F)ccc32)cc(OC)c1O. The van der Waals surface area contributed by atoms with Gasteiger partial charge in [0.1, 0.15) is 5.75 Å². The van der Waals surface area contributed by atoms with Crippen molar-refractivity contribution in [2.75, 3.05) is 14.2 Å². The molecule has 0 aliphatic heterocycles. The quantitative estimate of drug-likeness (QED) is 0.381. The smallest absolute Gasteiger partial charge is 0.502 e. The molecule has 0 saturated carbocycles. The Morgan fingerprint density at radius 2 is 1.84 bits per heavy atom. The van der Waals surface area contributed by atoms with Crippen LogP contribution in [0.1, 0.15) is 34.9 Å². The number of carbonyl (C=O) groups is 1. The molecule has 0 unspecified atom stereocenters. The number of alkyl halides is 3. The second kappa shape index (κ2) is 10.6. The van der Waals surface area contributed by atoms with Gasteiger partial charge in [-0.05, 0) is 70.7 Å². The van der Waals surface area contributed by atoms with Crippen molar-refractivity contribution < 1.29 is 37.3 Å². The number of aromatic hydroxyl groups is 1. The number of fused-ring (bicyclic) bond motifs is 1. The highest BCUT2D eigenvalue weighted by Gasteiger charge is 2.33. The summed E-state index contributed by atoms with van der Waals surface area (Å²) in [6.45, 7) is 2.10. The minimum absolute atomic E-state index is 0.0489. The van der Waals surface area contributed by atoms with Gasteiger partial charge >= 0.3 is 6.36 Å². The van der Waals surface area contributed by atoms with Crippen molar-refractivity contribution >= 4 is 34.5 Å². The predicted octanol–water partition coefficient (Wildman–Crippen LogP) is 5.80. The Morgan fingerprint density at radius 1 is 1.14 bits per heavy atom. The van der Waals surface area contributed by atoms with Gasteiger partial charge in [0.25, 0.3) is 0 Å². The maximum absolute atomic E-state index is 12.9. The van der Waals surface area contributed by atoms with Crippen molar-refractivity contribution in [1.29, 1.82) is 0 Å². The van der Waals surface area contributed by atoms with Crippen LogP contribution >= 0.6 is 11.3 Å². The number of rotatable bonds is 8. The number of phenols is 1. The van der Waals surface area contributed by atoms with E-state index >= 15 is 0 Å². The average molecular weight is 533 g/mol. The summed E-state index contributed by atoms with van der Waals surface area (Å²) in [5.74, 6) is -0.426. The molecule has 3 aromatic rings. The van der Waals surface area contributed by atoms with Gasteiger partial charge in [-0.1, -0.05) is 6.07 Å². The Morgan fingerprint density at radius 3 is 2.43 bits per heavy atom. The molecule has 0 fully saturated rings. The zero-order valence-corrected chi connectivity index (χ0v) is 20.9. The number of phenolic OH excluding ortho intramolecular Hbond substituents is 1. The molecule has 0 spiro atoms. The number of methoxy groups -OCH3 is 2. The first-order chi connectivity index (χ1) is 17.6. The van der Waals surface area contributed by atoms with E-state index in [1.54, 1.807) is 36.8 Å². The molecule has 1 heterocycles. The molecule has 1 aromatic heterocycles. The summed E-state index contributed by atoms with van der Waals surface area (Å²) in [6, 6.07) is 7.27. The van der Waals surface area contributed by atoms with Crippen molar-refractivity contribution in [3.8, 4) is 23.0 Å². The lowest BCUT2D eigenvalue weighted by Gasteiger charge is -2.12. The topological polar surface area (TPSA) is 89.9 Å². The largest absolute Gasteiger partial charge is 0.573 e. The number of ether oxygens (including phenoxy) is 3. The van der Waals surface area contributed by atoms with Crippen molar-refractivity contribution in [2.45, 2.75) is 26.3 Å². The molecule has 4 rings (SSSR count). The first kappa shape index (κ1) is 26.1. The molecular formula is C26H23F3N2O5S. The minimum atomic E-state index is -4.85. The van der Waals surface area contributed by atoms with E-state index in [1.807, 2.05) is 0 Å². The molecule has 11 heteroatoms. The van der Waals surface area contributed by atoms with E-state index in [1.165, 1.54) is 43.8 Å². The van der Waals surface area contributed by atoms with E-state index in [9.17, 15) is 23.1 Å². The number of allylic oxidation sites excluding steroid dienone is 2. The molecule has 0 radical (unpaired) electrons. The molecule has 2 N–H and O–H groups in total. The molecule has 1 amide bonds. The summed E-state index contributed by atoms with van der Waals surface area (Å²) in [6.07, 6.45) is -1.45. The fourth-order valence-electron chi connectivity index (χ4n) is 4.09. The number of nitrogens with one attached hydrogen (secondary N) is 1. The highest BCUT2D eigenvalue weighted by molar-refractivity contribution is 7.09. The number of halogens is 3. The number of benzene rings is 2. The minimum Gasteiger partial charge on any atom is -0.502 e. The Bertz CT molecular complexity index is 1360. The van der Waals surface area contributed by atoms with Gasteiger partial charge in [-0.15, -0.1) is 24.5 Å². The number of thiazole rings is 1. The Kier molecular flexibility index (Phi) is 7.44. The summed E-state index contributed by atoms with van der Waals surface area (Å²) in [4.78, 5) is 17.6. The summed E-state index contributed by atoms with van der Waals surface area (Å²) in [5.41, 5.74) is 5.39. The summed E-state index contributed by atoms with van der Waals surface area (Å²) in [7, 11) is 2.82. The normalized spacial score (nSPS) is 14.1. The molecule has 1 aliphatic carbocycles. The lowest BCUT2D eigenvalue weighted by molar-refractivity contribution is -0.274. The third kappa shape index (κ3) is 5.88. The van der Waals surface area contributed by atoms with E-state index < -0.39 is 6.36 Å². The predicted molar refractivity (Wildman–Crippen MR) is 133 cm³/mol. The number of nitrogens with zero attached hydrogens (tertiary/aromatic N) is 1. The van der Waals surface area contributed by atoms with Crippen LogP contribution in [0, 0.1) is 0 Å². The third-order valence-electron chi connectivity index (χ3n) is 5.79. The molecule has 194 valence electrons. The molecule has 1 aliphatic rings. The lowest BCUT2D eigenvalue weighted by Crippen LogP contribution is -2.22. The van der Waals surface area contributed by atoms with Gasteiger partial charge in [-0.25, -0.2) is 0 Å². The van der Waals surface area contributed by atoms with Crippen LogP contribution in [-0.2, 0) is 11.3 Å². The standard InChI is InChI=1S/C26H23F3N2O5S/c1-14-19(6-15-7-22(34-2)25(33)23(8-15)35-3)18-5-4-16(36-26(27,28)29)9-21(18)20(14)10-24(32)31-12-17-11-30-13-37-17/h4-9,11,13,33H,10,12H2,1-3H3,(H,31,32)/b19-6-. The summed E-state index contributed by atoms with van der Waals surface area (Å²) < 4.78 is 53.3. The highest BCUT2D eigenvalue weighted by atomic mass is 32.1. The van der Waals surface area contributed by atoms with Crippen LogP contribution in [0.3, 0.4) is 0 Å². The van der Waals surface area contributed by atoms with Crippen LogP contribution in [0.2, 0.25) is 0 Å². The van der Waals surface area contributed by atoms with E-state index in [2.05, 4.69) is 15.0 Å². The fraction of sp³-hybridized carbons (Fsp3) is 0.231. The Hall–Kier alpha value is -3.99. The van der Waals surface area contributed by atoms with Crippen LogP contribution in [-0.4, -0.2) is 36.6 Å². The average Bonchev–Trinajstić information content (AvgIpc) is 3.45. The van der Waals surface area contributed by atoms with Crippen molar-refractivity contribution in [3.05, 3.63) is 69.2 Å². The van der Waals surface area contributed by atoms with Crippen molar-refractivity contribution in [3.63, 3.8) is 0 Å². The molecule has 0 bridgehead atoms. The Balaban J connectivity index is 1.74. The van der Waals surface area contributed by atoms with Crippen LogP contribution in [0.4, 0.5) is 13.2 Å². The van der Waals surface area contributed by atoms with Gasteiger partial charge in [-0.2, -0.15) is 0 Å². The van der Waals surface area contributed by atoms with Crippen LogP contribution in [0.5, 0.6) is 23.0 Å². The molecule has 0 atom stereocenters. The summed E-state index contributed by atoms with van der Waals surface area (Å²) >= 11 is 1.40. The van der Waals surface area contributed by atoms with E-state index in [-0.39, 0.29) is 35.3 Å². The zero-order valence-electron chi connectivity index (χ0n) is 20.1. The molecular weight excluding hydrogens is 509 g/mol. The van der Waals surface area contributed by atoms with Crippen molar-refractivity contribution in [2.24, 2.45) is 0 Å². The molecule has 7 nitrogen and oxygen atoms in total. The van der Waals surface area contributed by atoms with E-state index in [0.29, 0.717) is 34.4 Å². The number of hydrogen-bond donors (Lipinski definition) is 2. The summed E-state index contributed by atoms with van der Waals surface area (Å²) in [5, 5.41) is 13.1. The van der Waals surface area contributed by atoms with Gasteiger partial charge in [0.05, 0.1) is 32.7 Å².